The normalized spacial score (nSPS) is 25.3. The maximum absolute atomic E-state index is 4.52. The highest BCUT2D eigenvalue weighted by atomic mass is 32.1. The average Bonchev–Trinajstić information content (AvgIpc) is 2.78. The van der Waals surface area contributed by atoms with Gasteiger partial charge in [-0.1, -0.05) is 31.1 Å². The lowest BCUT2D eigenvalue weighted by atomic mass is 9.86. The molecule has 3 rings (SSSR count). The summed E-state index contributed by atoms with van der Waals surface area (Å²) in [6.45, 7) is 4.33. The molecule has 4 nitrogen and oxygen atoms in total. The van der Waals surface area contributed by atoms with E-state index in [4.69, 9.17) is 0 Å². The van der Waals surface area contributed by atoms with Crippen LogP contribution in [0, 0.1) is 12.8 Å². The Morgan fingerprint density at radius 1 is 1.41 bits per heavy atom. The predicted octanol–water partition coefficient (Wildman–Crippen LogP) is 3.09. The average molecular weight is 250 g/mol. The Morgan fingerprint density at radius 2 is 2.24 bits per heavy atom. The maximum Gasteiger partial charge on any atom is 0.214 e. The number of fused-ring (bicyclic) bond motifs is 1. The van der Waals surface area contributed by atoms with Crippen molar-refractivity contribution >= 4 is 21.4 Å². The molecule has 2 aromatic heterocycles. The van der Waals surface area contributed by atoms with E-state index in [1.807, 2.05) is 17.6 Å². The molecule has 0 aromatic carbocycles. The van der Waals surface area contributed by atoms with Crippen molar-refractivity contribution in [3.05, 3.63) is 11.9 Å². The van der Waals surface area contributed by atoms with Gasteiger partial charge in [0, 0.05) is 6.04 Å². The number of anilines is 1. The van der Waals surface area contributed by atoms with E-state index in [1.165, 1.54) is 25.7 Å². The largest absolute Gasteiger partial charge is 0.357 e. The lowest BCUT2D eigenvalue weighted by Gasteiger charge is -2.29. The summed E-state index contributed by atoms with van der Waals surface area (Å²) in [5, 5.41) is 9.10. The molecule has 1 N–H and O–H groups in total. The molecule has 1 saturated carbocycles. The zero-order valence-corrected chi connectivity index (χ0v) is 11.1. The van der Waals surface area contributed by atoms with Crippen LogP contribution in [0.2, 0.25) is 0 Å². The van der Waals surface area contributed by atoms with Crippen molar-refractivity contribution in [3.63, 3.8) is 0 Å². The van der Waals surface area contributed by atoms with E-state index in [-0.39, 0.29) is 0 Å². The maximum atomic E-state index is 4.52. The third-order valence-electron chi connectivity index (χ3n) is 3.58. The third kappa shape index (κ3) is 2.16. The lowest BCUT2D eigenvalue weighted by molar-refractivity contribution is 0.349. The first-order chi connectivity index (χ1) is 8.22. The van der Waals surface area contributed by atoms with Crippen molar-refractivity contribution in [1.29, 1.82) is 0 Å². The highest BCUT2D eigenvalue weighted by Crippen LogP contribution is 2.28. The predicted molar refractivity (Wildman–Crippen MR) is 70.6 cm³/mol. The smallest absolute Gasteiger partial charge is 0.214 e. The fourth-order valence-corrected chi connectivity index (χ4v) is 3.45. The number of nitrogens with zero attached hydrogens (tertiary/aromatic N) is 3. The second kappa shape index (κ2) is 4.29. The molecule has 2 atom stereocenters. The van der Waals surface area contributed by atoms with E-state index in [2.05, 4.69) is 22.3 Å². The summed E-state index contributed by atoms with van der Waals surface area (Å²) in [6, 6.07) is 0.584. The molecule has 0 aliphatic heterocycles. The van der Waals surface area contributed by atoms with Crippen molar-refractivity contribution in [2.75, 3.05) is 5.32 Å². The van der Waals surface area contributed by atoms with Gasteiger partial charge in [-0.3, -0.25) is 0 Å². The molecule has 92 valence electrons. The minimum atomic E-state index is 0.584. The molecule has 1 aliphatic rings. The molecule has 0 amide bonds. The highest BCUT2D eigenvalue weighted by Gasteiger charge is 2.22. The Bertz CT molecular complexity index is 484. The summed E-state index contributed by atoms with van der Waals surface area (Å²) in [7, 11) is 0. The Hall–Kier alpha value is -1.10. The van der Waals surface area contributed by atoms with Gasteiger partial charge in [0.15, 0.2) is 0 Å². The first kappa shape index (κ1) is 11.0. The summed E-state index contributed by atoms with van der Waals surface area (Å²) < 4.78 is 1.87. The molecule has 1 aliphatic carbocycles. The van der Waals surface area contributed by atoms with Gasteiger partial charge in [-0.05, 0) is 25.7 Å². The van der Waals surface area contributed by atoms with Gasteiger partial charge < -0.3 is 5.32 Å². The monoisotopic (exact) mass is 250 g/mol. The number of rotatable bonds is 2. The summed E-state index contributed by atoms with van der Waals surface area (Å²) in [5.41, 5.74) is 1.03. The second-order valence-corrected chi connectivity index (χ2v) is 5.99. The quantitative estimate of drug-likeness (QED) is 0.890. The van der Waals surface area contributed by atoms with Crippen LogP contribution in [0.1, 0.15) is 38.3 Å². The van der Waals surface area contributed by atoms with Gasteiger partial charge >= 0.3 is 0 Å². The number of hydrogen-bond acceptors (Lipinski definition) is 4. The van der Waals surface area contributed by atoms with E-state index in [0.29, 0.717) is 6.04 Å². The highest BCUT2D eigenvalue weighted by molar-refractivity contribution is 7.20. The van der Waals surface area contributed by atoms with Crippen LogP contribution in [0.4, 0.5) is 5.13 Å². The fraction of sp³-hybridized carbons (Fsp3) is 0.667. The van der Waals surface area contributed by atoms with Crippen LogP contribution < -0.4 is 5.32 Å². The zero-order chi connectivity index (χ0) is 11.8. The standard InChI is InChI=1S/C12H18N4S/c1-8-5-3-4-6-10(8)14-11-15-16-7-9(2)13-12(16)17-11/h7-8,10H,3-6H2,1-2H3,(H,14,15)/t8-,10+/m0/s1. The minimum Gasteiger partial charge on any atom is -0.357 e. The number of aromatic nitrogens is 3. The molecule has 0 radical (unpaired) electrons. The van der Waals surface area contributed by atoms with Crippen LogP contribution >= 0.6 is 11.3 Å². The Kier molecular flexibility index (Phi) is 2.78. The number of hydrogen-bond donors (Lipinski definition) is 1. The van der Waals surface area contributed by atoms with Gasteiger partial charge in [0.2, 0.25) is 10.1 Å². The second-order valence-electron chi connectivity index (χ2n) is 5.03. The van der Waals surface area contributed by atoms with Crippen LogP contribution in [0.25, 0.3) is 4.96 Å². The summed E-state index contributed by atoms with van der Waals surface area (Å²) in [6.07, 6.45) is 7.28. The SMILES string of the molecule is Cc1cn2nc(N[C@@H]3CCCC[C@@H]3C)sc2n1. The molecule has 17 heavy (non-hydrogen) atoms. The van der Waals surface area contributed by atoms with E-state index in [9.17, 15) is 0 Å². The molecular weight excluding hydrogens is 232 g/mol. The van der Waals surface area contributed by atoms with Crippen LogP contribution in [-0.4, -0.2) is 20.6 Å². The van der Waals surface area contributed by atoms with Crippen molar-refractivity contribution in [2.24, 2.45) is 5.92 Å². The number of imidazole rings is 1. The molecule has 5 heteroatoms. The van der Waals surface area contributed by atoms with E-state index in [1.54, 1.807) is 11.3 Å². The lowest BCUT2D eigenvalue weighted by Crippen LogP contribution is -2.30. The summed E-state index contributed by atoms with van der Waals surface area (Å²) in [5.74, 6) is 0.752. The summed E-state index contributed by atoms with van der Waals surface area (Å²) >= 11 is 1.64. The van der Waals surface area contributed by atoms with Crippen LogP contribution in [0.5, 0.6) is 0 Å². The van der Waals surface area contributed by atoms with E-state index in [0.717, 1.165) is 21.7 Å². The van der Waals surface area contributed by atoms with Crippen molar-refractivity contribution in [1.82, 2.24) is 14.6 Å². The zero-order valence-electron chi connectivity index (χ0n) is 10.3. The van der Waals surface area contributed by atoms with Gasteiger partial charge in [-0.25, -0.2) is 9.50 Å². The Labute approximate surface area is 105 Å². The molecule has 2 aromatic rings. The van der Waals surface area contributed by atoms with Gasteiger partial charge in [0.1, 0.15) is 0 Å². The first-order valence-electron chi connectivity index (χ1n) is 6.32. The Morgan fingerprint density at radius 3 is 3.00 bits per heavy atom. The van der Waals surface area contributed by atoms with Crippen LogP contribution in [0.3, 0.4) is 0 Å². The van der Waals surface area contributed by atoms with Crippen molar-refractivity contribution in [2.45, 2.75) is 45.6 Å². The first-order valence-corrected chi connectivity index (χ1v) is 7.13. The molecule has 1 fully saturated rings. The van der Waals surface area contributed by atoms with Crippen molar-refractivity contribution in [3.8, 4) is 0 Å². The Balaban J connectivity index is 1.77. The van der Waals surface area contributed by atoms with Gasteiger partial charge in [-0.2, -0.15) is 0 Å². The van der Waals surface area contributed by atoms with Gasteiger partial charge in [0.25, 0.3) is 0 Å². The molecule has 0 saturated heterocycles. The fourth-order valence-electron chi connectivity index (χ4n) is 2.56. The van der Waals surface area contributed by atoms with Gasteiger partial charge in [-0.15, -0.1) is 5.10 Å². The number of nitrogens with one attached hydrogen (secondary N) is 1. The number of aryl methyl sites for hydroxylation is 1. The van der Waals surface area contributed by atoms with Crippen LogP contribution in [0.15, 0.2) is 6.20 Å². The van der Waals surface area contributed by atoms with E-state index < -0.39 is 0 Å². The minimum absolute atomic E-state index is 0.584. The molecular formula is C12H18N4S. The molecule has 0 spiro atoms. The van der Waals surface area contributed by atoms with Crippen LogP contribution in [-0.2, 0) is 0 Å². The molecule has 2 heterocycles. The molecule has 0 bridgehead atoms. The van der Waals surface area contributed by atoms with Gasteiger partial charge in [0.05, 0.1) is 11.9 Å². The topological polar surface area (TPSA) is 42.2 Å². The molecule has 0 unspecified atom stereocenters. The third-order valence-corrected chi connectivity index (χ3v) is 4.44. The van der Waals surface area contributed by atoms with E-state index >= 15 is 0 Å². The van der Waals surface area contributed by atoms with Crippen molar-refractivity contribution < 1.29 is 0 Å². The summed E-state index contributed by atoms with van der Waals surface area (Å²) in [4.78, 5) is 5.40.